The smallest absolute Gasteiger partial charge is 0.0161 e. The minimum absolute atomic E-state index is 0.679. The van der Waals surface area contributed by atoms with Gasteiger partial charge < -0.3 is 5.32 Å². The molecule has 1 atom stereocenters. The van der Waals surface area contributed by atoms with E-state index in [1.165, 1.54) is 36.3 Å². The van der Waals surface area contributed by atoms with Crippen LogP contribution >= 0.6 is 11.8 Å². The Labute approximate surface area is 100 Å². The van der Waals surface area contributed by atoms with Crippen LogP contribution in [0.1, 0.15) is 46.5 Å². The molecule has 0 aromatic heterocycles. The lowest BCUT2D eigenvalue weighted by molar-refractivity contribution is 0.519. The summed E-state index contributed by atoms with van der Waals surface area (Å²) in [4.78, 5) is 0. The molecule has 0 aromatic rings. The Morgan fingerprint density at radius 3 is 2.60 bits per heavy atom. The molecule has 90 valence electrons. The van der Waals surface area contributed by atoms with Crippen LogP contribution in [0.5, 0.6) is 0 Å². The summed E-state index contributed by atoms with van der Waals surface area (Å²) in [5.74, 6) is 2.54. The number of hydrogen-bond acceptors (Lipinski definition) is 2. The second-order valence-electron chi connectivity index (χ2n) is 4.22. The highest BCUT2D eigenvalue weighted by Gasteiger charge is 2.07. The second kappa shape index (κ2) is 10.6. The summed E-state index contributed by atoms with van der Waals surface area (Å²) >= 11 is 2.07. The van der Waals surface area contributed by atoms with Crippen LogP contribution in [-0.2, 0) is 0 Å². The van der Waals surface area contributed by atoms with E-state index in [1.54, 1.807) is 0 Å². The number of thioether (sulfide) groups is 1. The van der Waals surface area contributed by atoms with Crippen LogP contribution in [0.25, 0.3) is 0 Å². The summed E-state index contributed by atoms with van der Waals surface area (Å²) < 4.78 is 0. The summed E-state index contributed by atoms with van der Waals surface area (Å²) in [7, 11) is 0. The quantitative estimate of drug-likeness (QED) is 0.451. The maximum atomic E-state index is 3.97. The fourth-order valence-corrected chi connectivity index (χ4v) is 2.41. The van der Waals surface area contributed by atoms with E-state index in [2.05, 4.69) is 44.4 Å². The Kier molecular flexibility index (Phi) is 10.6. The van der Waals surface area contributed by atoms with Crippen LogP contribution in [0.4, 0.5) is 0 Å². The SMILES string of the molecule is C=C(C)CCC(CSCCC)NCCC. The van der Waals surface area contributed by atoms with E-state index in [4.69, 9.17) is 0 Å². The third kappa shape index (κ3) is 10.3. The first-order valence-corrected chi connectivity index (χ1v) is 7.31. The summed E-state index contributed by atoms with van der Waals surface area (Å²) in [5, 5.41) is 3.62. The van der Waals surface area contributed by atoms with Crippen LogP contribution in [0, 0.1) is 0 Å². The van der Waals surface area contributed by atoms with Gasteiger partial charge in [0.25, 0.3) is 0 Å². The number of hydrogen-bond donors (Lipinski definition) is 1. The average Bonchev–Trinajstić information content (AvgIpc) is 2.21. The van der Waals surface area contributed by atoms with Gasteiger partial charge in [0.1, 0.15) is 0 Å². The van der Waals surface area contributed by atoms with Crippen molar-refractivity contribution < 1.29 is 0 Å². The van der Waals surface area contributed by atoms with E-state index in [0.29, 0.717) is 6.04 Å². The number of allylic oxidation sites excluding steroid dienone is 1. The first kappa shape index (κ1) is 15.0. The van der Waals surface area contributed by atoms with Crippen molar-refractivity contribution in [3.05, 3.63) is 12.2 Å². The Morgan fingerprint density at radius 1 is 1.33 bits per heavy atom. The molecular weight excluding hydrogens is 202 g/mol. The van der Waals surface area contributed by atoms with Crippen molar-refractivity contribution in [2.75, 3.05) is 18.1 Å². The highest BCUT2D eigenvalue weighted by atomic mass is 32.2. The third-order valence-electron chi connectivity index (χ3n) is 2.27. The monoisotopic (exact) mass is 229 g/mol. The maximum absolute atomic E-state index is 3.97. The predicted molar refractivity (Wildman–Crippen MR) is 73.7 cm³/mol. The molecule has 1 nitrogen and oxygen atoms in total. The molecule has 0 bridgehead atoms. The van der Waals surface area contributed by atoms with Crippen molar-refractivity contribution >= 4 is 11.8 Å². The first-order valence-electron chi connectivity index (χ1n) is 6.16. The molecule has 0 aliphatic carbocycles. The highest BCUT2D eigenvalue weighted by molar-refractivity contribution is 7.99. The second-order valence-corrected chi connectivity index (χ2v) is 5.37. The van der Waals surface area contributed by atoms with Gasteiger partial charge in [0.2, 0.25) is 0 Å². The zero-order valence-electron chi connectivity index (χ0n) is 10.6. The third-order valence-corrected chi connectivity index (χ3v) is 3.61. The molecule has 0 heterocycles. The molecule has 0 aliphatic rings. The van der Waals surface area contributed by atoms with Gasteiger partial charge >= 0.3 is 0 Å². The first-order chi connectivity index (χ1) is 7.20. The van der Waals surface area contributed by atoms with Crippen molar-refractivity contribution in [3.8, 4) is 0 Å². The van der Waals surface area contributed by atoms with E-state index < -0.39 is 0 Å². The molecule has 0 fully saturated rings. The lowest BCUT2D eigenvalue weighted by Gasteiger charge is -2.18. The van der Waals surface area contributed by atoms with Crippen LogP contribution in [0.3, 0.4) is 0 Å². The molecule has 0 aliphatic heterocycles. The number of rotatable bonds is 10. The van der Waals surface area contributed by atoms with Gasteiger partial charge in [-0.05, 0) is 44.9 Å². The standard InChI is InChI=1S/C13H27NS/c1-5-9-14-13(8-7-12(3)4)11-15-10-6-2/h13-14H,3,5-11H2,1-2,4H3. The van der Waals surface area contributed by atoms with Crippen LogP contribution in [-0.4, -0.2) is 24.1 Å². The van der Waals surface area contributed by atoms with Crippen LogP contribution < -0.4 is 5.32 Å². The highest BCUT2D eigenvalue weighted by Crippen LogP contribution is 2.11. The van der Waals surface area contributed by atoms with Gasteiger partial charge in [0.05, 0.1) is 0 Å². The molecule has 0 radical (unpaired) electrons. The Hall–Kier alpha value is 0.0500. The van der Waals surface area contributed by atoms with E-state index in [9.17, 15) is 0 Å². The molecule has 1 N–H and O–H groups in total. The number of nitrogens with one attached hydrogen (secondary N) is 1. The van der Waals surface area contributed by atoms with Gasteiger partial charge in [0.15, 0.2) is 0 Å². The normalized spacial score (nSPS) is 12.7. The summed E-state index contributed by atoms with van der Waals surface area (Å²) in [5.41, 5.74) is 1.30. The summed E-state index contributed by atoms with van der Waals surface area (Å²) in [6, 6.07) is 0.679. The van der Waals surface area contributed by atoms with Crippen LogP contribution in [0.15, 0.2) is 12.2 Å². The maximum Gasteiger partial charge on any atom is 0.0161 e. The van der Waals surface area contributed by atoms with Gasteiger partial charge in [-0.3, -0.25) is 0 Å². The Balaban J connectivity index is 3.67. The molecule has 0 rings (SSSR count). The molecule has 0 aromatic carbocycles. The van der Waals surface area contributed by atoms with Gasteiger partial charge in [-0.2, -0.15) is 11.8 Å². The fourth-order valence-electron chi connectivity index (χ4n) is 1.38. The zero-order chi connectivity index (χ0) is 11.5. The average molecular weight is 229 g/mol. The molecule has 1 unspecified atom stereocenters. The van der Waals surface area contributed by atoms with Crippen LogP contribution in [0.2, 0.25) is 0 Å². The van der Waals surface area contributed by atoms with Gasteiger partial charge in [-0.1, -0.05) is 19.4 Å². The van der Waals surface area contributed by atoms with Gasteiger partial charge in [0, 0.05) is 11.8 Å². The minimum atomic E-state index is 0.679. The van der Waals surface area contributed by atoms with E-state index in [1.807, 2.05) is 0 Å². The Morgan fingerprint density at radius 2 is 2.07 bits per heavy atom. The molecule has 0 spiro atoms. The van der Waals surface area contributed by atoms with E-state index in [0.717, 1.165) is 13.0 Å². The van der Waals surface area contributed by atoms with Crippen molar-refractivity contribution in [2.45, 2.75) is 52.5 Å². The van der Waals surface area contributed by atoms with Crippen molar-refractivity contribution in [2.24, 2.45) is 0 Å². The zero-order valence-corrected chi connectivity index (χ0v) is 11.5. The van der Waals surface area contributed by atoms with Gasteiger partial charge in [-0.25, -0.2) is 0 Å². The molecule has 0 amide bonds. The van der Waals surface area contributed by atoms with Gasteiger partial charge in [-0.15, -0.1) is 6.58 Å². The molecule has 0 saturated heterocycles. The van der Waals surface area contributed by atoms with Crippen molar-refractivity contribution in [1.29, 1.82) is 0 Å². The lowest BCUT2D eigenvalue weighted by Crippen LogP contribution is -2.32. The minimum Gasteiger partial charge on any atom is -0.313 e. The largest absolute Gasteiger partial charge is 0.313 e. The summed E-state index contributed by atoms with van der Waals surface area (Å²) in [6.45, 7) is 11.7. The topological polar surface area (TPSA) is 12.0 Å². The molecular formula is C13H27NS. The molecule has 2 heteroatoms. The lowest BCUT2D eigenvalue weighted by atomic mass is 10.1. The van der Waals surface area contributed by atoms with Crippen molar-refractivity contribution in [1.82, 2.24) is 5.32 Å². The Bertz CT molecular complexity index is 157. The van der Waals surface area contributed by atoms with E-state index in [-0.39, 0.29) is 0 Å². The van der Waals surface area contributed by atoms with Crippen molar-refractivity contribution in [3.63, 3.8) is 0 Å². The van der Waals surface area contributed by atoms with E-state index >= 15 is 0 Å². The molecule has 0 saturated carbocycles. The molecule has 15 heavy (non-hydrogen) atoms. The fraction of sp³-hybridized carbons (Fsp3) is 0.846. The summed E-state index contributed by atoms with van der Waals surface area (Å²) in [6.07, 6.45) is 4.91. The predicted octanol–water partition coefficient (Wildman–Crippen LogP) is 3.85.